The average Bonchev–Trinajstić information content (AvgIpc) is 2.45. The number of carbonyl (C=O) groups is 1. The molecule has 0 saturated carbocycles. The summed E-state index contributed by atoms with van der Waals surface area (Å²) in [6, 6.07) is 6.90. The number of benzene rings is 1. The predicted octanol–water partition coefficient (Wildman–Crippen LogP) is 1.19. The number of aliphatic hydroxyl groups is 1. The number of morpholine rings is 1. The van der Waals surface area contributed by atoms with Crippen LogP contribution in [0.15, 0.2) is 24.3 Å². The third kappa shape index (κ3) is 5.00. The van der Waals surface area contributed by atoms with E-state index in [0.29, 0.717) is 18.8 Å². The van der Waals surface area contributed by atoms with Gasteiger partial charge in [-0.3, -0.25) is 0 Å². The van der Waals surface area contributed by atoms with Crippen molar-refractivity contribution in [3.8, 4) is 0 Å². The molecular weight excluding hydrogens is 270 g/mol. The predicted molar refractivity (Wildman–Crippen MR) is 81.3 cm³/mol. The number of hydrogen-bond donors (Lipinski definition) is 3. The fraction of sp³-hybridized carbons (Fsp3) is 0.533. The Morgan fingerprint density at radius 2 is 2.38 bits per heavy atom. The van der Waals surface area contributed by atoms with Gasteiger partial charge in [0.1, 0.15) is 0 Å². The Morgan fingerprint density at radius 3 is 3.10 bits per heavy atom. The van der Waals surface area contributed by atoms with Gasteiger partial charge in [-0.1, -0.05) is 12.1 Å². The van der Waals surface area contributed by atoms with E-state index in [4.69, 9.17) is 4.74 Å². The van der Waals surface area contributed by atoms with Gasteiger partial charge in [0.2, 0.25) is 0 Å². The minimum atomic E-state index is -0.555. The molecule has 1 fully saturated rings. The molecular formula is C15H23N3O3. The summed E-state index contributed by atoms with van der Waals surface area (Å²) in [5, 5.41) is 15.1. The second-order valence-corrected chi connectivity index (χ2v) is 5.39. The highest BCUT2D eigenvalue weighted by Gasteiger charge is 2.18. The molecule has 0 radical (unpaired) electrons. The topological polar surface area (TPSA) is 73.8 Å². The number of amides is 2. The highest BCUT2D eigenvalue weighted by molar-refractivity contribution is 5.89. The molecule has 1 aromatic carbocycles. The van der Waals surface area contributed by atoms with Crippen LogP contribution in [0.2, 0.25) is 0 Å². The van der Waals surface area contributed by atoms with E-state index < -0.39 is 6.10 Å². The molecule has 116 valence electrons. The van der Waals surface area contributed by atoms with Crippen molar-refractivity contribution in [2.75, 3.05) is 38.6 Å². The van der Waals surface area contributed by atoms with E-state index in [9.17, 15) is 9.90 Å². The van der Waals surface area contributed by atoms with Crippen LogP contribution in [0.5, 0.6) is 0 Å². The summed E-state index contributed by atoms with van der Waals surface area (Å²) in [4.78, 5) is 14.0. The molecule has 2 rings (SSSR count). The molecule has 1 aliphatic heterocycles. The molecule has 0 aromatic heterocycles. The van der Waals surface area contributed by atoms with E-state index in [0.717, 1.165) is 18.7 Å². The lowest BCUT2D eigenvalue weighted by Crippen LogP contribution is -2.46. The molecule has 1 heterocycles. The van der Waals surface area contributed by atoms with Crippen LogP contribution >= 0.6 is 0 Å². The van der Waals surface area contributed by atoms with Crippen molar-refractivity contribution in [2.24, 2.45) is 0 Å². The van der Waals surface area contributed by atoms with E-state index in [1.54, 1.807) is 25.1 Å². The zero-order chi connectivity index (χ0) is 15.2. The van der Waals surface area contributed by atoms with Gasteiger partial charge in [0, 0.05) is 25.3 Å². The van der Waals surface area contributed by atoms with Crippen molar-refractivity contribution in [3.05, 3.63) is 29.8 Å². The molecule has 2 unspecified atom stereocenters. The maximum absolute atomic E-state index is 11.9. The molecule has 2 atom stereocenters. The van der Waals surface area contributed by atoms with Crippen LogP contribution in [0.25, 0.3) is 0 Å². The summed E-state index contributed by atoms with van der Waals surface area (Å²) >= 11 is 0. The normalized spacial score (nSPS) is 20.8. The van der Waals surface area contributed by atoms with Crippen molar-refractivity contribution in [1.29, 1.82) is 0 Å². The smallest absolute Gasteiger partial charge is 0.319 e. The van der Waals surface area contributed by atoms with Gasteiger partial charge < -0.3 is 25.4 Å². The van der Waals surface area contributed by atoms with Crippen molar-refractivity contribution in [1.82, 2.24) is 10.2 Å². The van der Waals surface area contributed by atoms with Crippen molar-refractivity contribution in [2.45, 2.75) is 19.1 Å². The number of urea groups is 1. The molecule has 6 heteroatoms. The molecule has 0 spiro atoms. The molecule has 6 nitrogen and oxygen atoms in total. The number of ether oxygens (including phenoxy) is 1. The molecule has 1 aromatic rings. The van der Waals surface area contributed by atoms with Crippen LogP contribution in [0.3, 0.4) is 0 Å². The lowest BCUT2D eigenvalue weighted by atomic mass is 10.1. The molecule has 0 aliphatic carbocycles. The third-order valence-corrected chi connectivity index (χ3v) is 3.46. The van der Waals surface area contributed by atoms with Crippen LogP contribution in [0.1, 0.15) is 18.6 Å². The first-order valence-electron chi connectivity index (χ1n) is 7.17. The van der Waals surface area contributed by atoms with Crippen molar-refractivity contribution < 1.29 is 14.6 Å². The van der Waals surface area contributed by atoms with E-state index >= 15 is 0 Å². The van der Waals surface area contributed by atoms with Gasteiger partial charge in [0.05, 0.1) is 18.8 Å². The van der Waals surface area contributed by atoms with Crippen LogP contribution < -0.4 is 10.6 Å². The molecule has 0 bridgehead atoms. The zero-order valence-electron chi connectivity index (χ0n) is 12.5. The van der Waals surface area contributed by atoms with Gasteiger partial charge in [-0.25, -0.2) is 4.79 Å². The van der Waals surface area contributed by atoms with E-state index in [2.05, 4.69) is 15.5 Å². The van der Waals surface area contributed by atoms with E-state index in [-0.39, 0.29) is 12.1 Å². The first kappa shape index (κ1) is 15.8. The van der Waals surface area contributed by atoms with Gasteiger partial charge in [0.25, 0.3) is 0 Å². The van der Waals surface area contributed by atoms with Gasteiger partial charge >= 0.3 is 6.03 Å². The van der Waals surface area contributed by atoms with Crippen LogP contribution in [-0.2, 0) is 4.74 Å². The highest BCUT2D eigenvalue weighted by Crippen LogP contribution is 2.16. The van der Waals surface area contributed by atoms with Crippen LogP contribution in [-0.4, -0.2) is 55.4 Å². The fourth-order valence-corrected chi connectivity index (χ4v) is 2.25. The summed E-state index contributed by atoms with van der Waals surface area (Å²) in [6.07, 6.45) is -0.528. The Morgan fingerprint density at radius 1 is 1.57 bits per heavy atom. The SMILES string of the molecule is CC(O)c1cccc(NC(=O)NCC2CN(C)CCO2)c1. The minimum absolute atomic E-state index is 0.0262. The van der Waals surface area contributed by atoms with E-state index in [1.807, 2.05) is 13.1 Å². The number of rotatable bonds is 4. The largest absolute Gasteiger partial charge is 0.389 e. The molecule has 21 heavy (non-hydrogen) atoms. The Labute approximate surface area is 125 Å². The number of hydrogen-bond acceptors (Lipinski definition) is 4. The number of nitrogens with one attached hydrogen (secondary N) is 2. The summed E-state index contributed by atoms with van der Waals surface area (Å²) in [5.74, 6) is 0. The molecule has 1 saturated heterocycles. The molecule has 3 N–H and O–H groups in total. The van der Waals surface area contributed by atoms with Gasteiger partial charge in [-0.05, 0) is 31.7 Å². The second kappa shape index (κ2) is 7.40. The average molecular weight is 293 g/mol. The number of nitrogens with zero attached hydrogens (tertiary/aromatic N) is 1. The van der Waals surface area contributed by atoms with Crippen LogP contribution in [0, 0.1) is 0 Å². The van der Waals surface area contributed by atoms with Crippen LogP contribution in [0.4, 0.5) is 10.5 Å². The maximum atomic E-state index is 11.9. The first-order chi connectivity index (χ1) is 10.0. The number of anilines is 1. The Bertz CT molecular complexity index is 479. The zero-order valence-corrected chi connectivity index (χ0v) is 12.5. The standard InChI is InChI=1S/C15H23N3O3/c1-11(19)12-4-3-5-13(8-12)17-15(20)16-9-14-10-18(2)6-7-21-14/h3-5,8,11,14,19H,6-7,9-10H2,1-2H3,(H2,16,17,20). The third-order valence-electron chi connectivity index (χ3n) is 3.46. The quantitative estimate of drug-likeness (QED) is 0.779. The lowest BCUT2D eigenvalue weighted by Gasteiger charge is -2.30. The monoisotopic (exact) mass is 293 g/mol. The summed E-state index contributed by atoms with van der Waals surface area (Å²) < 4.78 is 5.58. The highest BCUT2D eigenvalue weighted by atomic mass is 16.5. The number of carbonyl (C=O) groups excluding carboxylic acids is 1. The van der Waals surface area contributed by atoms with Gasteiger partial charge in [-0.15, -0.1) is 0 Å². The minimum Gasteiger partial charge on any atom is -0.389 e. The van der Waals surface area contributed by atoms with Gasteiger partial charge in [-0.2, -0.15) is 0 Å². The molecule has 1 aliphatic rings. The Balaban J connectivity index is 1.80. The summed E-state index contributed by atoms with van der Waals surface area (Å²) in [6.45, 7) is 4.61. The molecule has 2 amide bonds. The van der Waals surface area contributed by atoms with Crippen molar-refractivity contribution >= 4 is 11.7 Å². The maximum Gasteiger partial charge on any atom is 0.319 e. The fourth-order valence-electron chi connectivity index (χ4n) is 2.25. The second-order valence-electron chi connectivity index (χ2n) is 5.39. The van der Waals surface area contributed by atoms with Crippen molar-refractivity contribution in [3.63, 3.8) is 0 Å². The summed E-state index contributed by atoms with van der Waals surface area (Å²) in [7, 11) is 2.04. The lowest BCUT2D eigenvalue weighted by molar-refractivity contribution is -0.0166. The van der Waals surface area contributed by atoms with Gasteiger partial charge in [0.15, 0.2) is 0 Å². The first-order valence-corrected chi connectivity index (χ1v) is 7.17. The number of likely N-dealkylation sites (N-methyl/N-ethyl adjacent to an activating group) is 1. The number of aliphatic hydroxyl groups excluding tert-OH is 1. The summed E-state index contributed by atoms with van der Waals surface area (Å²) in [5.41, 5.74) is 1.43. The Hall–Kier alpha value is -1.63. The van der Waals surface area contributed by atoms with E-state index in [1.165, 1.54) is 0 Å². The Kier molecular flexibility index (Phi) is 5.55.